The molecule has 4 aliphatic rings. The molecule has 3 atom stereocenters. The number of hydrogen-bond donors (Lipinski definition) is 2. The lowest BCUT2D eigenvalue weighted by Gasteiger charge is -2.63. The zero-order chi connectivity index (χ0) is 22.7. The molecule has 1 aromatic carbocycles. The van der Waals surface area contributed by atoms with Crippen LogP contribution in [0.4, 0.5) is 0 Å². The van der Waals surface area contributed by atoms with Crippen molar-refractivity contribution >= 4 is 27.6 Å². The van der Waals surface area contributed by atoms with Gasteiger partial charge in [0.05, 0.1) is 10.5 Å². The Morgan fingerprint density at radius 1 is 1.18 bits per heavy atom. The Hall–Kier alpha value is -2.19. The number of nitrogens with zero attached hydrogens (tertiary/aromatic N) is 3. The molecule has 0 unspecified atom stereocenters. The van der Waals surface area contributed by atoms with Crippen LogP contribution < -0.4 is 0 Å². The first-order chi connectivity index (χ1) is 16.5. The standard InChI is InChI=1S/C27H27N3O2S2/c31-18-5-6-19-17(10-18)11-24-27(32)13-23-21(12-26(19,27)7-8-29(24)14-16-3-4-16)30-15-20(28-25(30)34-23)22-2-1-9-33-22/h1-2,5-6,9-10,15-16,24,31-32H,3-4,7-8,11-14H2/t24-,26-,27-/m1/s1. The molecule has 4 aromatic rings. The van der Waals surface area contributed by atoms with Crippen LogP contribution in [0.25, 0.3) is 15.5 Å². The maximum atomic E-state index is 12.7. The van der Waals surface area contributed by atoms with E-state index in [1.165, 1.54) is 39.4 Å². The van der Waals surface area contributed by atoms with E-state index in [0.29, 0.717) is 12.2 Å². The van der Waals surface area contributed by atoms with Crippen LogP contribution in [0.3, 0.4) is 0 Å². The normalized spacial score (nSPS) is 30.2. The van der Waals surface area contributed by atoms with Gasteiger partial charge in [-0.3, -0.25) is 9.30 Å². The Kier molecular flexibility index (Phi) is 3.96. The predicted molar refractivity (Wildman–Crippen MR) is 135 cm³/mol. The molecule has 1 saturated carbocycles. The Labute approximate surface area is 206 Å². The van der Waals surface area contributed by atoms with Crippen LogP contribution >= 0.6 is 22.7 Å². The number of thiophene rings is 1. The smallest absolute Gasteiger partial charge is 0.194 e. The second kappa shape index (κ2) is 6.72. The summed E-state index contributed by atoms with van der Waals surface area (Å²) in [4.78, 5) is 11.1. The van der Waals surface area contributed by atoms with Crippen LogP contribution in [-0.4, -0.2) is 49.2 Å². The van der Waals surface area contributed by atoms with Gasteiger partial charge in [-0.2, -0.15) is 0 Å². The largest absolute Gasteiger partial charge is 0.508 e. The molecular formula is C27H27N3O2S2. The van der Waals surface area contributed by atoms with Crippen LogP contribution in [-0.2, 0) is 24.7 Å². The molecule has 4 heterocycles. The summed E-state index contributed by atoms with van der Waals surface area (Å²) in [7, 11) is 0. The number of aliphatic hydroxyl groups is 1. The zero-order valence-electron chi connectivity index (χ0n) is 18.9. The van der Waals surface area contributed by atoms with E-state index in [1.807, 2.05) is 12.1 Å². The molecule has 0 spiro atoms. The fourth-order valence-corrected chi connectivity index (χ4v) is 9.11. The Bertz CT molecular complexity index is 1440. The molecule has 0 amide bonds. The first-order valence-corrected chi connectivity index (χ1v) is 14.1. The van der Waals surface area contributed by atoms with Crippen molar-refractivity contribution in [3.8, 4) is 16.3 Å². The molecule has 3 aliphatic carbocycles. The van der Waals surface area contributed by atoms with Gasteiger partial charge in [-0.1, -0.05) is 12.1 Å². The average Bonchev–Trinajstić information content (AvgIpc) is 3.18. The maximum Gasteiger partial charge on any atom is 0.194 e. The fraction of sp³-hybridized carbons (Fsp3) is 0.444. The molecule has 34 heavy (non-hydrogen) atoms. The van der Waals surface area contributed by atoms with Crippen LogP contribution in [0.1, 0.15) is 41.0 Å². The van der Waals surface area contributed by atoms with Crippen LogP contribution in [0.15, 0.2) is 41.9 Å². The highest BCUT2D eigenvalue weighted by Gasteiger charge is 2.65. The minimum Gasteiger partial charge on any atom is -0.508 e. The monoisotopic (exact) mass is 489 g/mol. The summed E-state index contributed by atoms with van der Waals surface area (Å²) >= 11 is 3.48. The molecule has 8 rings (SSSR count). The van der Waals surface area contributed by atoms with Gasteiger partial charge in [0.1, 0.15) is 11.4 Å². The molecule has 3 aromatic heterocycles. The molecule has 2 N–H and O–H groups in total. The number of benzene rings is 1. The van der Waals surface area contributed by atoms with Gasteiger partial charge in [-0.25, -0.2) is 4.98 Å². The van der Waals surface area contributed by atoms with E-state index in [2.05, 4.69) is 39.1 Å². The zero-order valence-corrected chi connectivity index (χ0v) is 20.5. The van der Waals surface area contributed by atoms with E-state index in [4.69, 9.17) is 4.98 Å². The number of imidazole rings is 1. The van der Waals surface area contributed by atoms with Crippen LogP contribution in [0, 0.1) is 5.92 Å². The summed E-state index contributed by atoms with van der Waals surface area (Å²) in [5.74, 6) is 1.12. The molecule has 174 valence electrons. The van der Waals surface area contributed by atoms with Crippen molar-refractivity contribution in [3.63, 3.8) is 0 Å². The van der Waals surface area contributed by atoms with Gasteiger partial charge in [-0.15, -0.1) is 22.7 Å². The Morgan fingerprint density at radius 3 is 2.91 bits per heavy atom. The van der Waals surface area contributed by atoms with Crippen molar-refractivity contribution in [1.29, 1.82) is 0 Å². The Balaban J connectivity index is 1.30. The lowest BCUT2D eigenvalue weighted by Crippen LogP contribution is -2.74. The summed E-state index contributed by atoms with van der Waals surface area (Å²) in [5.41, 5.74) is 3.70. The van der Waals surface area contributed by atoms with E-state index in [9.17, 15) is 10.2 Å². The van der Waals surface area contributed by atoms with Crippen molar-refractivity contribution in [2.45, 2.75) is 55.6 Å². The van der Waals surface area contributed by atoms with Gasteiger partial charge in [0.2, 0.25) is 0 Å². The number of rotatable bonds is 3. The number of aromatic nitrogens is 2. The molecular weight excluding hydrogens is 462 g/mol. The molecule has 1 aliphatic heterocycles. The second-order valence-corrected chi connectivity index (χ2v) is 12.8. The van der Waals surface area contributed by atoms with E-state index in [1.54, 1.807) is 22.7 Å². The van der Waals surface area contributed by atoms with Crippen LogP contribution in [0.5, 0.6) is 5.75 Å². The first-order valence-electron chi connectivity index (χ1n) is 12.4. The number of fused-ring (bicyclic) bond motifs is 4. The highest BCUT2D eigenvalue weighted by molar-refractivity contribution is 7.17. The number of piperidine rings is 1. The predicted octanol–water partition coefficient (Wildman–Crippen LogP) is 4.64. The molecule has 7 heteroatoms. The first kappa shape index (κ1) is 20.0. The minimum absolute atomic E-state index is 0.0976. The highest BCUT2D eigenvalue weighted by Crippen LogP contribution is 2.58. The summed E-state index contributed by atoms with van der Waals surface area (Å²) in [6, 6.07) is 10.2. The average molecular weight is 490 g/mol. The van der Waals surface area contributed by atoms with Crippen molar-refractivity contribution in [2.24, 2.45) is 5.92 Å². The van der Waals surface area contributed by atoms with Gasteiger partial charge in [-0.05, 0) is 72.9 Å². The third kappa shape index (κ3) is 2.59. The number of aromatic hydroxyl groups is 1. The molecule has 2 fully saturated rings. The maximum absolute atomic E-state index is 12.7. The Morgan fingerprint density at radius 2 is 2.09 bits per heavy atom. The van der Waals surface area contributed by atoms with E-state index in [0.717, 1.165) is 48.9 Å². The lowest BCUT2D eigenvalue weighted by atomic mass is 9.50. The number of hydrogen-bond acceptors (Lipinski definition) is 6. The van der Waals surface area contributed by atoms with E-state index >= 15 is 0 Å². The van der Waals surface area contributed by atoms with Crippen molar-refractivity contribution in [3.05, 3.63) is 63.6 Å². The van der Waals surface area contributed by atoms with Gasteiger partial charge in [0.25, 0.3) is 0 Å². The van der Waals surface area contributed by atoms with Crippen molar-refractivity contribution in [1.82, 2.24) is 14.3 Å². The number of phenols is 1. The third-order valence-electron chi connectivity index (χ3n) is 9.03. The van der Waals surface area contributed by atoms with Gasteiger partial charge in [0, 0.05) is 47.6 Å². The van der Waals surface area contributed by atoms with Crippen molar-refractivity contribution < 1.29 is 10.2 Å². The highest BCUT2D eigenvalue weighted by atomic mass is 32.1. The number of phenolic OH excluding ortho intramolecular Hbond substituents is 1. The summed E-state index contributed by atoms with van der Waals surface area (Å²) in [6.07, 6.45) is 8.12. The molecule has 0 radical (unpaired) electrons. The topological polar surface area (TPSA) is 61.0 Å². The molecule has 1 saturated heterocycles. The summed E-state index contributed by atoms with van der Waals surface area (Å²) in [6.45, 7) is 2.14. The lowest BCUT2D eigenvalue weighted by molar-refractivity contribution is -0.151. The second-order valence-electron chi connectivity index (χ2n) is 10.8. The number of thiazole rings is 1. The summed E-state index contributed by atoms with van der Waals surface area (Å²) in [5, 5.41) is 25.1. The van der Waals surface area contributed by atoms with E-state index < -0.39 is 5.60 Å². The third-order valence-corrected chi connectivity index (χ3v) is 11.0. The SMILES string of the molecule is Oc1ccc2c(c1)C[C@H]1N(CC3CC3)CC[C@@]23Cc2c(sc4nc(-c5cccs5)cn24)C[C@@]13O. The number of likely N-dealkylation sites (tertiary alicyclic amines) is 1. The van der Waals surface area contributed by atoms with Crippen LogP contribution in [0.2, 0.25) is 0 Å². The molecule has 5 nitrogen and oxygen atoms in total. The molecule has 2 bridgehead atoms. The van der Waals surface area contributed by atoms with Gasteiger partial charge >= 0.3 is 0 Å². The van der Waals surface area contributed by atoms with E-state index in [-0.39, 0.29) is 11.5 Å². The summed E-state index contributed by atoms with van der Waals surface area (Å²) < 4.78 is 2.30. The minimum atomic E-state index is -0.795. The van der Waals surface area contributed by atoms with Crippen molar-refractivity contribution in [2.75, 3.05) is 13.1 Å². The quantitative estimate of drug-likeness (QED) is 0.440. The fourth-order valence-electron chi connectivity index (χ4n) is 7.22. The van der Waals surface area contributed by atoms with Gasteiger partial charge in [0.15, 0.2) is 4.96 Å². The van der Waals surface area contributed by atoms with Gasteiger partial charge < -0.3 is 10.2 Å².